The maximum absolute atomic E-state index is 15.8. The van der Waals surface area contributed by atoms with Crippen LogP contribution < -0.4 is 0 Å². The van der Waals surface area contributed by atoms with Crippen LogP contribution in [0.1, 0.15) is 139 Å². The van der Waals surface area contributed by atoms with Crippen molar-refractivity contribution < 1.29 is 29.1 Å². The van der Waals surface area contributed by atoms with E-state index in [0.29, 0.717) is 6.61 Å². The van der Waals surface area contributed by atoms with Crippen molar-refractivity contribution in [2.45, 2.75) is 175 Å². The molecule has 0 aromatic carbocycles. The Balaban J connectivity index is 1.80. The van der Waals surface area contributed by atoms with Crippen molar-refractivity contribution in [3.05, 3.63) is 12.3 Å². The van der Waals surface area contributed by atoms with E-state index in [2.05, 4.69) is 39.3 Å². The number of amides is 1. The van der Waals surface area contributed by atoms with Crippen LogP contribution in [-0.2, 0) is 23.4 Å². The number of carbonyl (C=O) groups is 2. The van der Waals surface area contributed by atoms with Gasteiger partial charge in [0.25, 0.3) is 8.53 Å². The third kappa shape index (κ3) is 12.7. The minimum Gasteiger partial charge on any atom is -0.349 e. The van der Waals surface area contributed by atoms with Crippen LogP contribution in [-0.4, -0.2) is 64.6 Å². The number of hydrogen-bond donors (Lipinski definition) is 0. The molecule has 5 unspecified atom stereocenters. The Kier molecular flexibility index (Phi) is 17.0. The number of ether oxygens (including phenoxy) is 1. The van der Waals surface area contributed by atoms with Crippen LogP contribution in [0.4, 0.5) is 4.39 Å². The Bertz CT molecular complexity index is 797. The average Bonchev–Trinajstić information content (AvgIpc) is 3.24. The van der Waals surface area contributed by atoms with Gasteiger partial charge in [0.2, 0.25) is 5.91 Å². The monoisotopic (exact) mass is 601 g/mol. The Morgan fingerprint density at radius 2 is 1.51 bits per heavy atom. The maximum atomic E-state index is 15.8. The quantitative estimate of drug-likeness (QED) is 0.0703. The zero-order chi connectivity index (χ0) is 30.9. The molecule has 0 bridgehead atoms. The highest BCUT2D eigenvalue weighted by Crippen LogP contribution is 2.50. The van der Waals surface area contributed by atoms with Crippen LogP contribution in [0.3, 0.4) is 0 Å². The standard InChI is InChI=1S/C32H58FN2O5P/c1-7-8-9-10-11-12-13-14-15-16-17-18-19-20-23-38-41(35(25(2)3)26(4)5)40-31-27(6)39-32(30(31)33)34-22-21-28(36)24-29(34)37/h21-22,25-27,30-32H,7-20,23-24H2,1-6H3/i6D. The second kappa shape index (κ2) is 20.1. The summed E-state index contributed by atoms with van der Waals surface area (Å²) in [7, 11) is -1.61. The predicted octanol–water partition coefficient (Wildman–Crippen LogP) is 8.61. The van der Waals surface area contributed by atoms with Crippen LogP contribution >= 0.6 is 8.53 Å². The van der Waals surface area contributed by atoms with E-state index in [-0.39, 0.29) is 31.2 Å². The van der Waals surface area contributed by atoms with Gasteiger partial charge in [-0.25, -0.2) is 9.06 Å². The van der Waals surface area contributed by atoms with Crippen molar-refractivity contribution >= 4 is 20.2 Å². The number of allylic oxidation sites excluding steroid dienone is 1. The molecule has 1 fully saturated rings. The topological polar surface area (TPSA) is 68.3 Å². The molecule has 2 rings (SSSR count). The van der Waals surface area contributed by atoms with Gasteiger partial charge in [-0.2, -0.15) is 0 Å². The lowest BCUT2D eigenvalue weighted by Gasteiger charge is -2.37. The number of alkyl halides is 1. The van der Waals surface area contributed by atoms with Crippen LogP contribution in [0.25, 0.3) is 0 Å². The summed E-state index contributed by atoms with van der Waals surface area (Å²) in [6.07, 6.45) is 15.4. The molecular formula is C32H58FN2O5P. The molecule has 238 valence electrons. The second-order valence-electron chi connectivity index (χ2n) is 12.1. The van der Waals surface area contributed by atoms with E-state index in [0.717, 1.165) is 17.7 Å². The van der Waals surface area contributed by atoms with Crippen molar-refractivity contribution in [3.8, 4) is 0 Å². The number of hydrogen-bond acceptors (Lipinski definition) is 6. The Morgan fingerprint density at radius 3 is 2.00 bits per heavy atom. The fourth-order valence-electron chi connectivity index (χ4n) is 5.48. The van der Waals surface area contributed by atoms with Crippen LogP contribution in [0.5, 0.6) is 0 Å². The van der Waals surface area contributed by atoms with Gasteiger partial charge in [-0.15, -0.1) is 0 Å². The van der Waals surface area contributed by atoms with Crippen molar-refractivity contribution in [1.29, 1.82) is 0 Å². The SMILES string of the molecule is [2H]CC1OC(N2C=CC(=O)CC2=O)C(F)C1OP(OCCCCCCCCCCCCCCCC)N(C(C)C)C(C)C. The number of unbranched alkanes of at least 4 members (excludes halogenated alkanes) is 13. The van der Waals surface area contributed by atoms with Crippen LogP contribution in [0.2, 0.25) is 0 Å². The van der Waals surface area contributed by atoms with Crippen molar-refractivity contribution in [2.24, 2.45) is 0 Å². The number of carbonyl (C=O) groups excluding carboxylic acids is 2. The molecule has 0 aromatic heterocycles. The Hall–Kier alpha value is -0.920. The molecule has 2 aliphatic heterocycles. The van der Waals surface area contributed by atoms with Gasteiger partial charge in [0.05, 0.1) is 19.1 Å². The molecule has 7 nitrogen and oxygen atoms in total. The molecule has 0 radical (unpaired) electrons. The van der Waals surface area contributed by atoms with E-state index < -0.39 is 39.0 Å². The maximum Gasteiger partial charge on any atom is 0.259 e. The lowest BCUT2D eigenvalue weighted by molar-refractivity contribution is -0.145. The normalized spacial score (nSPS) is 24.3. The molecule has 0 N–H and O–H groups in total. The summed E-state index contributed by atoms with van der Waals surface area (Å²) in [5, 5.41) is 0. The van der Waals surface area contributed by atoms with E-state index in [9.17, 15) is 9.59 Å². The molecule has 5 atom stereocenters. The minimum atomic E-state index is -1.67. The van der Waals surface area contributed by atoms with E-state index >= 15 is 4.39 Å². The molecule has 0 spiro atoms. The summed E-state index contributed by atoms with van der Waals surface area (Å²) in [6, 6.07) is 0.214. The lowest BCUT2D eigenvalue weighted by Crippen LogP contribution is -2.45. The highest BCUT2D eigenvalue weighted by atomic mass is 31.2. The van der Waals surface area contributed by atoms with E-state index in [1.165, 1.54) is 89.3 Å². The van der Waals surface area contributed by atoms with Crippen molar-refractivity contribution in [1.82, 2.24) is 9.57 Å². The number of halogens is 1. The highest BCUT2D eigenvalue weighted by Gasteiger charge is 2.50. The zero-order valence-corrected chi connectivity index (χ0v) is 27.3. The molecule has 41 heavy (non-hydrogen) atoms. The van der Waals surface area contributed by atoms with Gasteiger partial charge >= 0.3 is 0 Å². The fourth-order valence-corrected chi connectivity index (χ4v) is 7.29. The third-order valence-corrected chi connectivity index (χ3v) is 9.86. The minimum absolute atomic E-state index is 0.107. The summed E-state index contributed by atoms with van der Waals surface area (Å²) in [5.74, 6) is -0.832. The van der Waals surface area contributed by atoms with Gasteiger partial charge < -0.3 is 13.8 Å². The first-order chi connectivity index (χ1) is 20.2. The predicted molar refractivity (Wildman–Crippen MR) is 165 cm³/mol. The van der Waals surface area contributed by atoms with Gasteiger partial charge in [0.15, 0.2) is 18.2 Å². The zero-order valence-electron chi connectivity index (χ0n) is 27.4. The van der Waals surface area contributed by atoms with Gasteiger partial charge in [-0.05, 0) is 47.1 Å². The molecular weight excluding hydrogens is 542 g/mol. The van der Waals surface area contributed by atoms with E-state index in [1.807, 2.05) is 0 Å². The molecule has 0 aromatic rings. The fraction of sp³-hybridized carbons (Fsp3) is 0.875. The number of rotatable bonds is 22. The summed E-state index contributed by atoms with van der Waals surface area (Å²) >= 11 is 0. The van der Waals surface area contributed by atoms with Gasteiger partial charge in [0.1, 0.15) is 6.10 Å². The van der Waals surface area contributed by atoms with E-state index in [4.69, 9.17) is 15.2 Å². The summed E-state index contributed by atoms with van der Waals surface area (Å²) < 4.78 is 44.3. The molecule has 0 saturated carbocycles. The first-order valence-corrected chi connectivity index (χ1v) is 17.3. The van der Waals surface area contributed by atoms with Crippen LogP contribution in [0.15, 0.2) is 12.3 Å². The van der Waals surface area contributed by atoms with Crippen molar-refractivity contribution in [3.63, 3.8) is 0 Å². The van der Waals surface area contributed by atoms with Crippen molar-refractivity contribution in [2.75, 3.05) is 6.61 Å². The average molecular weight is 602 g/mol. The summed E-state index contributed by atoms with van der Waals surface area (Å²) in [5.41, 5.74) is 0. The highest BCUT2D eigenvalue weighted by molar-refractivity contribution is 7.44. The van der Waals surface area contributed by atoms with Gasteiger partial charge in [-0.1, -0.05) is 90.4 Å². The van der Waals surface area contributed by atoms with Gasteiger partial charge in [0, 0.05) is 19.7 Å². The first-order valence-electron chi connectivity index (χ1n) is 16.9. The lowest BCUT2D eigenvalue weighted by atomic mass is 10.0. The molecule has 2 heterocycles. The third-order valence-electron chi connectivity index (χ3n) is 7.73. The molecule has 2 aliphatic rings. The number of nitrogens with zero attached hydrogens (tertiary/aromatic N) is 2. The molecule has 1 saturated heterocycles. The smallest absolute Gasteiger partial charge is 0.259 e. The van der Waals surface area contributed by atoms with E-state index in [1.54, 1.807) is 0 Å². The molecule has 1 amide bonds. The number of ketones is 1. The second-order valence-corrected chi connectivity index (χ2v) is 13.5. The van der Waals surface area contributed by atoms with Gasteiger partial charge in [-0.3, -0.25) is 14.5 Å². The van der Waals surface area contributed by atoms with Crippen LogP contribution in [0, 0.1) is 0 Å². The summed E-state index contributed by atoms with van der Waals surface area (Å²) in [4.78, 5) is 25.1. The Morgan fingerprint density at radius 1 is 0.976 bits per heavy atom. The largest absolute Gasteiger partial charge is 0.349 e. The Labute approximate surface area is 252 Å². The molecule has 9 heteroatoms. The first kappa shape index (κ1) is 34.6. The molecule has 0 aliphatic carbocycles. The summed E-state index contributed by atoms with van der Waals surface area (Å²) in [6.45, 7) is 10.8.